The molecule has 0 unspecified atom stereocenters. The molecular weight excluding hydrogens is 480 g/mol. The first-order valence-electron chi connectivity index (χ1n) is 16.6. The fourth-order valence-electron chi connectivity index (χ4n) is 4.97. The van der Waals surface area contributed by atoms with Crippen molar-refractivity contribution in [2.24, 2.45) is 23.7 Å². The molecule has 0 bridgehead atoms. The van der Waals surface area contributed by atoms with Gasteiger partial charge >= 0.3 is 0 Å². The van der Waals surface area contributed by atoms with Gasteiger partial charge in [0.2, 0.25) is 0 Å². The minimum absolute atomic E-state index is 0.769. The molecule has 0 aromatic heterocycles. The predicted octanol–water partition coefficient (Wildman–Crippen LogP) is 13.7. The van der Waals surface area contributed by atoms with Gasteiger partial charge in [-0.05, 0) is 104 Å². The van der Waals surface area contributed by atoms with Gasteiger partial charge in [0.05, 0.1) is 0 Å². The van der Waals surface area contributed by atoms with Gasteiger partial charge < -0.3 is 0 Å². The Bertz CT molecular complexity index is 759. The summed E-state index contributed by atoms with van der Waals surface area (Å²) in [5.74, 6) is 3.23. The second kappa shape index (κ2) is 24.9. The van der Waals surface area contributed by atoms with Crippen LogP contribution >= 0.6 is 0 Å². The maximum Gasteiger partial charge on any atom is -0.0322 e. The van der Waals surface area contributed by atoms with Gasteiger partial charge in [0.1, 0.15) is 0 Å². The van der Waals surface area contributed by atoms with Gasteiger partial charge in [-0.3, -0.25) is 0 Å². The van der Waals surface area contributed by atoms with E-state index in [1.165, 1.54) is 99.3 Å². The van der Waals surface area contributed by atoms with E-state index in [2.05, 4.69) is 130 Å². The van der Waals surface area contributed by atoms with E-state index in [0.717, 1.165) is 23.7 Å². The van der Waals surface area contributed by atoms with E-state index in [-0.39, 0.29) is 0 Å². The molecule has 0 fully saturated rings. The molecule has 4 atom stereocenters. The largest absolute Gasteiger partial charge is 0.0859 e. The van der Waals surface area contributed by atoms with E-state index < -0.39 is 0 Å². The summed E-state index contributed by atoms with van der Waals surface area (Å²) < 4.78 is 0. The molecule has 0 saturated carbocycles. The summed E-state index contributed by atoms with van der Waals surface area (Å²) in [5.41, 5.74) is 5.53. The zero-order valence-electron chi connectivity index (χ0n) is 28.6. The van der Waals surface area contributed by atoms with Crippen molar-refractivity contribution in [1.82, 2.24) is 0 Å². The lowest BCUT2D eigenvalue weighted by Crippen LogP contribution is -1.98. The number of hydrogen-bond donors (Lipinski definition) is 0. The first-order valence-corrected chi connectivity index (χ1v) is 16.6. The Hall–Kier alpha value is -1.82. The smallest absolute Gasteiger partial charge is 0.0322 e. The van der Waals surface area contributed by atoms with Gasteiger partial charge in [-0.2, -0.15) is 0 Å². The zero-order chi connectivity index (χ0) is 30.2. The molecule has 0 aromatic carbocycles. The molecule has 0 saturated heterocycles. The maximum atomic E-state index is 2.41. The average molecular weight is 549 g/mol. The van der Waals surface area contributed by atoms with Crippen LogP contribution in [0.1, 0.15) is 146 Å². The normalized spacial score (nSPS) is 16.1. The van der Waals surface area contributed by atoms with Gasteiger partial charge in [0.15, 0.2) is 0 Å². The van der Waals surface area contributed by atoms with E-state index in [0.29, 0.717) is 0 Å². The minimum atomic E-state index is 0.769. The third-order valence-corrected chi connectivity index (χ3v) is 7.88. The van der Waals surface area contributed by atoms with Crippen LogP contribution in [-0.2, 0) is 0 Å². The molecule has 0 heterocycles. The lowest BCUT2D eigenvalue weighted by Gasteiger charge is -2.12. The first kappa shape index (κ1) is 38.2. The summed E-state index contributed by atoms with van der Waals surface area (Å²) in [7, 11) is 0. The summed E-state index contributed by atoms with van der Waals surface area (Å²) in [6.45, 7) is 22.8. The molecule has 0 rings (SSSR count). The highest BCUT2D eigenvalue weighted by atomic mass is 14.1. The van der Waals surface area contributed by atoms with Crippen LogP contribution in [0.5, 0.6) is 0 Å². The van der Waals surface area contributed by atoms with E-state index in [1.807, 2.05) is 0 Å². The molecule has 0 amide bonds. The standard InChI is InChI=1S/C40H68/c1-33(2)19-13-23-37(7)27-17-31-39(9)29-15-25-35(5)21-11-12-22-36(6)26-16-30-40(10)32-18-28-38(8)24-14-20-34(3)4/h11-12,15-16,19-22,25-26,37-40H,13-14,17-18,23-24,27-32H2,1-10H3/b12-11+,25-15+,26-16+,35-21+,36-22+/t37-,38+,39+,40-. The van der Waals surface area contributed by atoms with Crippen molar-refractivity contribution < 1.29 is 0 Å². The average Bonchev–Trinajstić information content (AvgIpc) is 2.86. The van der Waals surface area contributed by atoms with E-state index >= 15 is 0 Å². The van der Waals surface area contributed by atoms with Crippen molar-refractivity contribution >= 4 is 0 Å². The fourth-order valence-corrected chi connectivity index (χ4v) is 4.97. The third kappa shape index (κ3) is 26.4. The van der Waals surface area contributed by atoms with Crippen molar-refractivity contribution in [1.29, 1.82) is 0 Å². The Morgan fingerprint density at radius 1 is 0.475 bits per heavy atom. The van der Waals surface area contributed by atoms with Crippen molar-refractivity contribution in [3.63, 3.8) is 0 Å². The SMILES string of the molecule is CC(C)=CCC[C@@H](C)CCC[C@@H](C)C/C=C/C(C)=C/C=C/C=C(C)/C=C/C[C@@H](C)CCC[C@@H](C)CCC=C(C)C. The molecule has 0 aliphatic heterocycles. The molecular formula is C40H68. The lowest BCUT2D eigenvalue weighted by atomic mass is 9.94. The van der Waals surface area contributed by atoms with Crippen LogP contribution in [0.25, 0.3) is 0 Å². The highest BCUT2D eigenvalue weighted by molar-refractivity contribution is 5.27. The highest BCUT2D eigenvalue weighted by Crippen LogP contribution is 2.21. The minimum Gasteiger partial charge on any atom is -0.0859 e. The molecule has 0 aromatic rings. The van der Waals surface area contributed by atoms with Gasteiger partial charge in [-0.25, -0.2) is 0 Å². The molecule has 40 heavy (non-hydrogen) atoms. The quantitative estimate of drug-likeness (QED) is 0.0932. The van der Waals surface area contributed by atoms with Crippen LogP contribution in [0.2, 0.25) is 0 Å². The van der Waals surface area contributed by atoms with Gasteiger partial charge in [-0.15, -0.1) is 0 Å². The van der Waals surface area contributed by atoms with Crippen molar-refractivity contribution in [3.8, 4) is 0 Å². The van der Waals surface area contributed by atoms with Gasteiger partial charge in [-0.1, -0.05) is 149 Å². The maximum absolute atomic E-state index is 2.41. The molecule has 0 nitrogen and oxygen atoms in total. The Labute approximate surface area is 252 Å². The Morgan fingerprint density at radius 2 is 0.825 bits per heavy atom. The number of hydrogen-bond acceptors (Lipinski definition) is 0. The summed E-state index contributed by atoms with van der Waals surface area (Å²) in [4.78, 5) is 0. The number of allylic oxidation sites excluding steroid dienone is 14. The topological polar surface area (TPSA) is 0 Å². The van der Waals surface area contributed by atoms with E-state index in [9.17, 15) is 0 Å². The molecule has 0 heteroatoms. The number of rotatable bonds is 22. The van der Waals surface area contributed by atoms with Crippen LogP contribution in [0.15, 0.2) is 83.1 Å². The van der Waals surface area contributed by atoms with Crippen molar-refractivity contribution in [2.75, 3.05) is 0 Å². The highest BCUT2D eigenvalue weighted by Gasteiger charge is 2.05. The summed E-state index contributed by atoms with van der Waals surface area (Å²) in [6, 6.07) is 0. The van der Waals surface area contributed by atoms with Crippen LogP contribution in [0, 0.1) is 23.7 Å². The molecule has 228 valence electrons. The Kier molecular flexibility index (Phi) is 23.8. The van der Waals surface area contributed by atoms with E-state index in [1.54, 1.807) is 0 Å². The van der Waals surface area contributed by atoms with Crippen LogP contribution < -0.4 is 0 Å². The molecule has 0 spiro atoms. The van der Waals surface area contributed by atoms with Crippen LogP contribution in [-0.4, -0.2) is 0 Å². The molecule has 0 aliphatic rings. The van der Waals surface area contributed by atoms with E-state index in [4.69, 9.17) is 0 Å². The van der Waals surface area contributed by atoms with Gasteiger partial charge in [0, 0.05) is 0 Å². The zero-order valence-corrected chi connectivity index (χ0v) is 28.6. The van der Waals surface area contributed by atoms with Crippen LogP contribution in [0.3, 0.4) is 0 Å². The molecule has 0 radical (unpaired) electrons. The Morgan fingerprint density at radius 3 is 1.18 bits per heavy atom. The van der Waals surface area contributed by atoms with Crippen molar-refractivity contribution in [2.45, 2.75) is 146 Å². The first-order chi connectivity index (χ1) is 19.0. The summed E-state index contributed by atoms with van der Waals surface area (Å²) >= 11 is 0. The lowest BCUT2D eigenvalue weighted by molar-refractivity contribution is 0.427. The van der Waals surface area contributed by atoms with Crippen molar-refractivity contribution in [3.05, 3.63) is 83.1 Å². The van der Waals surface area contributed by atoms with Gasteiger partial charge in [0.25, 0.3) is 0 Å². The second-order valence-electron chi connectivity index (χ2n) is 13.5. The molecule has 0 aliphatic carbocycles. The predicted molar refractivity (Wildman–Crippen MR) is 186 cm³/mol. The third-order valence-electron chi connectivity index (χ3n) is 7.88. The Balaban J connectivity index is 4.16. The summed E-state index contributed by atoms with van der Waals surface area (Å²) in [5, 5.41) is 0. The molecule has 0 N–H and O–H groups in total. The fraction of sp³-hybridized carbons (Fsp3) is 0.650. The summed E-state index contributed by atoms with van der Waals surface area (Å²) in [6.07, 6.45) is 38.4. The second-order valence-corrected chi connectivity index (χ2v) is 13.5. The van der Waals surface area contributed by atoms with Crippen LogP contribution in [0.4, 0.5) is 0 Å². The monoisotopic (exact) mass is 549 g/mol.